The molecule has 0 aliphatic rings. The van der Waals surface area contributed by atoms with Crippen LogP contribution in [0.3, 0.4) is 0 Å². The van der Waals surface area contributed by atoms with Gasteiger partial charge in [0.05, 0.1) is 17.8 Å². The molecule has 0 saturated heterocycles. The summed E-state index contributed by atoms with van der Waals surface area (Å²) in [7, 11) is 1.53. The lowest BCUT2D eigenvalue weighted by Gasteiger charge is -2.27. The maximum absolute atomic E-state index is 13.1. The smallest absolute Gasteiger partial charge is 0.281 e. The van der Waals surface area contributed by atoms with Gasteiger partial charge in [0, 0.05) is 0 Å². The van der Waals surface area contributed by atoms with Gasteiger partial charge < -0.3 is 14.6 Å². The number of methoxy groups -OCH3 is 1. The molecule has 0 fully saturated rings. The van der Waals surface area contributed by atoms with E-state index >= 15 is 0 Å². The Bertz CT molecular complexity index is 1060. The van der Waals surface area contributed by atoms with Gasteiger partial charge in [0.2, 0.25) is 0 Å². The summed E-state index contributed by atoms with van der Waals surface area (Å²) < 4.78 is 11.7. The third-order valence-corrected chi connectivity index (χ3v) is 5.28. The van der Waals surface area contributed by atoms with Crippen molar-refractivity contribution < 1.29 is 19.4 Å². The van der Waals surface area contributed by atoms with Gasteiger partial charge in [-0.3, -0.25) is 4.79 Å². The number of nitrogens with one attached hydrogen (secondary N) is 1. The number of nitrogens with zero attached hydrogens (tertiary/aromatic N) is 1. The van der Waals surface area contributed by atoms with Crippen molar-refractivity contribution in [3.63, 3.8) is 0 Å². The lowest BCUT2D eigenvalue weighted by molar-refractivity contribution is -0.136. The van der Waals surface area contributed by atoms with E-state index in [2.05, 4.69) is 33.0 Å². The minimum Gasteiger partial charge on any atom is -0.493 e. The summed E-state index contributed by atoms with van der Waals surface area (Å²) in [6.07, 6.45) is 3.09. The molecule has 0 heterocycles. The molecule has 0 aliphatic carbocycles. The fourth-order valence-corrected chi connectivity index (χ4v) is 3.70. The van der Waals surface area contributed by atoms with Crippen molar-refractivity contribution in [1.82, 2.24) is 5.43 Å². The van der Waals surface area contributed by atoms with E-state index in [0.717, 1.165) is 0 Å². The number of benzene rings is 3. The van der Waals surface area contributed by atoms with Crippen LogP contribution in [0.1, 0.15) is 16.7 Å². The number of hydrogen-bond donors (Lipinski definition) is 2. The first-order valence-corrected chi connectivity index (χ1v) is 10.6. The van der Waals surface area contributed by atoms with Crippen molar-refractivity contribution in [2.45, 2.75) is 5.60 Å². The van der Waals surface area contributed by atoms with Crippen molar-refractivity contribution in [2.75, 3.05) is 13.7 Å². The Labute approximate surface area is 195 Å². The van der Waals surface area contributed by atoms with Crippen LogP contribution in [0.4, 0.5) is 0 Å². The monoisotopic (exact) mass is 494 g/mol. The number of carbonyl (C=O) groups excluding carboxylic acids is 1. The molecule has 0 spiro atoms. The van der Waals surface area contributed by atoms with E-state index in [-0.39, 0.29) is 0 Å². The van der Waals surface area contributed by atoms with Gasteiger partial charge in [0.15, 0.2) is 17.1 Å². The topological polar surface area (TPSA) is 80.2 Å². The molecule has 3 rings (SSSR count). The first-order valence-electron chi connectivity index (χ1n) is 9.78. The number of halogens is 1. The summed E-state index contributed by atoms with van der Waals surface area (Å²) in [5, 5.41) is 15.5. The molecular weight excluding hydrogens is 472 g/mol. The summed E-state index contributed by atoms with van der Waals surface area (Å²) >= 11 is 3.45. The third kappa shape index (κ3) is 5.07. The van der Waals surface area contributed by atoms with Crippen molar-refractivity contribution in [1.29, 1.82) is 0 Å². The molecule has 0 aromatic heterocycles. The van der Waals surface area contributed by atoms with Crippen molar-refractivity contribution >= 4 is 28.1 Å². The Morgan fingerprint density at radius 3 is 2.25 bits per heavy atom. The molecule has 3 aromatic carbocycles. The van der Waals surface area contributed by atoms with Crippen molar-refractivity contribution in [2.24, 2.45) is 5.10 Å². The van der Waals surface area contributed by atoms with Crippen LogP contribution >= 0.6 is 15.9 Å². The second-order valence-electron chi connectivity index (χ2n) is 6.78. The summed E-state index contributed by atoms with van der Waals surface area (Å²) in [5.41, 5.74) is 2.08. The van der Waals surface area contributed by atoms with E-state index < -0.39 is 11.5 Å². The van der Waals surface area contributed by atoms with Crippen LogP contribution in [0.25, 0.3) is 0 Å². The summed E-state index contributed by atoms with van der Waals surface area (Å²) in [6.45, 7) is 3.97. The highest BCUT2D eigenvalue weighted by molar-refractivity contribution is 9.10. The molecule has 0 saturated carbocycles. The molecule has 0 unspecified atom stereocenters. The van der Waals surface area contributed by atoms with Gasteiger partial charge in [-0.2, -0.15) is 5.10 Å². The fraction of sp³-hybridized carbons (Fsp3) is 0.120. The van der Waals surface area contributed by atoms with Crippen LogP contribution in [-0.4, -0.2) is 30.9 Å². The molecule has 0 aliphatic heterocycles. The fourth-order valence-electron chi connectivity index (χ4n) is 3.13. The van der Waals surface area contributed by atoms with Crippen LogP contribution in [0, 0.1) is 0 Å². The quantitative estimate of drug-likeness (QED) is 0.262. The first-order chi connectivity index (χ1) is 15.5. The molecule has 0 atom stereocenters. The highest BCUT2D eigenvalue weighted by Crippen LogP contribution is 2.36. The van der Waals surface area contributed by atoms with E-state index in [0.29, 0.717) is 39.3 Å². The second-order valence-corrected chi connectivity index (χ2v) is 7.63. The second kappa shape index (κ2) is 10.7. The van der Waals surface area contributed by atoms with E-state index in [1.807, 2.05) is 12.1 Å². The maximum atomic E-state index is 13.1. The molecule has 164 valence electrons. The molecule has 3 aromatic rings. The van der Waals surface area contributed by atoms with Gasteiger partial charge in [0.1, 0.15) is 6.61 Å². The highest BCUT2D eigenvalue weighted by atomic mass is 79.9. The molecular formula is C25H23BrN2O4. The Kier molecular flexibility index (Phi) is 7.81. The number of amides is 1. The average Bonchev–Trinajstić information content (AvgIpc) is 2.83. The summed E-state index contributed by atoms with van der Waals surface area (Å²) in [6, 6.07) is 21.0. The van der Waals surface area contributed by atoms with Gasteiger partial charge in [-0.15, -0.1) is 0 Å². The average molecular weight is 495 g/mol. The van der Waals surface area contributed by atoms with Gasteiger partial charge in [-0.25, -0.2) is 5.43 Å². The number of aliphatic hydroxyl groups is 1. The first kappa shape index (κ1) is 23.2. The number of ether oxygens (including phenoxy) is 2. The lowest BCUT2D eigenvalue weighted by Crippen LogP contribution is -2.43. The van der Waals surface area contributed by atoms with Gasteiger partial charge in [-0.1, -0.05) is 73.3 Å². The highest BCUT2D eigenvalue weighted by Gasteiger charge is 2.39. The zero-order valence-electron chi connectivity index (χ0n) is 17.5. The number of hydrogen-bond acceptors (Lipinski definition) is 5. The van der Waals surface area contributed by atoms with Gasteiger partial charge in [0.25, 0.3) is 5.91 Å². The van der Waals surface area contributed by atoms with Crippen molar-refractivity contribution in [3.05, 3.63) is 107 Å². The molecule has 32 heavy (non-hydrogen) atoms. The molecule has 6 nitrogen and oxygen atoms in total. The largest absolute Gasteiger partial charge is 0.493 e. The van der Waals surface area contributed by atoms with E-state index in [1.54, 1.807) is 66.7 Å². The Balaban J connectivity index is 1.85. The van der Waals surface area contributed by atoms with Crippen LogP contribution in [-0.2, 0) is 10.4 Å². The van der Waals surface area contributed by atoms with Crippen molar-refractivity contribution in [3.8, 4) is 11.5 Å². The zero-order valence-corrected chi connectivity index (χ0v) is 19.1. The summed E-state index contributed by atoms with van der Waals surface area (Å²) in [4.78, 5) is 13.1. The van der Waals surface area contributed by atoms with Gasteiger partial charge in [-0.05, 0) is 44.8 Å². The Hall–Kier alpha value is -3.42. The SMILES string of the molecule is C=CCOc1c(Br)cc(/C=N/NC(=O)C(O)(c2ccccc2)c2ccccc2)cc1OC. The zero-order chi connectivity index (χ0) is 23.0. The molecule has 0 bridgehead atoms. The number of carbonyl (C=O) groups is 1. The molecule has 1 amide bonds. The Morgan fingerprint density at radius 1 is 1.12 bits per heavy atom. The van der Waals surface area contributed by atoms with E-state index in [1.165, 1.54) is 13.3 Å². The van der Waals surface area contributed by atoms with Crippen LogP contribution in [0.5, 0.6) is 11.5 Å². The predicted octanol–water partition coefficient (Wildman–Crippen LogP) is 4.41. The maximum Gasteiger partial charge on any atom is 0.281 e. The lowest BCUT2D eigenvalue weighted by atomic mass is 9.85. The molecule has 7 heteroatoms. The number of hydrazone groups is 1. The van der Waals surface area contributed by atoms with Crippen LogP contribution < -0.4 is 14.9 Å². The third-order valence-electron chi connectivity index (χ3n) is 4.69. The van der Waals surface area contributed by atoms with Crippen LogP contribution in [0.2, 0.25) is 0 Å². The molecule has 0 radical (unpaired) electrons. The molecule has 2 N–H and O–H groups in total. The standard InChI is InChI=1S/C25H23BrN2O4/c1-3-14-32-23-21(26)15-18(16-22(23)31-2)17-27-28-24(29)25(30,19-10-6-4-7-11-19)20-12-8-5-9-13-20/h3-13,15-17,30H,1,14H2,2H3,(H,28,29)/b27-17+. The van der Waals surface area contributed by atoms with Gasteiger partial charge >= 0.3 is 0 Å². The van der Waals surface area contributed by atoms with E-state index in [9.17, 15) is 9.90 Å². The minimum absolute atomic E-state index is 0.329. The number of rotatable bonds is 9. The Morgan fingerprint density at radius 2 is 1.72 bits per heavy atom. The minimum atomic E-state index is -1.90. The normalized spacial score (nSPS) is 11.2. The predicted molar refractivity (Wildman–Crippen MR) is 128 cm³/mol. The van der Waals surface area contributed by atoms with Crippen LogP contribution in [0.15, 0.2) is 95.0 Å². The summed E-state index contributed by atoms with van der Waals surface area (Å²) in [5.74, 6) is 0.360. The van der Waals surface area contributed by atoms with E-state index in [4.69, 9.17) is 9.47 Å².